The summed E-state index contributed by atoms with van der Waals surface area (Å²) < 4.78 is 0. The monoisotopic (exact) mass is 268 g/mol. The molecule has 0 aromatic carbocycles. The van der Waals surface area contributed by atoms with Crippen molar-refractivity contribution in [1.29, 1.82) is 0 Å². The van der Waals surface area contributed by atoms with Gasteiger partial charge in [-0.3, -0.25) is 0 Å². The number of aliphatic hydroxyl groups is 1. The minimum absolute atomic E-state index is 0. The zero-order valence-electron chi connectivity index (χ0n) is 4.78. The number of rotatable bonds is 3. The van der Waals surface area contributed by atoms with E-state index in [1.807, 2.05) is 0 Å². The Balaban J connectivity index is 0. The molecule has 1 nitrogen and oxygen atoms in total. The molecule has 0 fully saturated rings. The zero-order chi connectivity index (χ0) is 4.83. The summed E-state index contributed by atoms with van der Waals surface area (Å²) in [4.78, 5) is 0. The summed E-state index contributed by atoms with van der Waals surface area (Å²) in [5.74, 6) is 0. The second kappa shape index (κ2) is 9.95. The summed E-state index contributed by atoms with van der Waals surface area (Å²) >= 11 is 0. The zero-order valence-corrected chi connectivity index (χ0v) is 8.37. The molecule has 0 saturated carbocycles. The fraction of sp³-hybridized carbons (Fsp3) is 1.00. The van der Waals surface area contributed by atoms with E-state index in [0.29, 0.717) is 6.61 Å². The van der Waals surface area contributed by atoms with Gasteiger partial charge in [0.1, 0.15) is 0 Å². The van der Waals surface area contributed by atoms with Crippen molar-refractivity contribution in [2.24, 2.45) is 0 Å². The normalized spacial score (nSPS) is 7.71. The van der Waals surface area contributed by atoms with Crippen LogP contribution in [0.3, 0.4) is 0 Å². The summed E-state index contributed by atoms with van der Waals surface area (Å²) in [6.45, 7) is 2.48. The summed E-state index contributed by atoms with van der Waals surface area (Å²) in [6.07, 6.45) is 3.33. The van der Waals surface area contributed by atoms with Gasteiger partial charge in [-0.1, -0.05) is 19.8 Å². The van der Waals surface area contributed by atoms with E-state index in [4.69, 9.17) is 5.11 Å². The molecule has 0 unspecified atom stereocenters. The Morgan fingerprint density at radius 3 is 2.00 bits per heavy atom. The first-order valence-electron chi connectivity index (χ1n) is 2.52. The van der Waals surface area contributed by atoms with E-state index in [0.717, 1.165) is 12.8 Å². The average Bonchev–Trinajstić information content (AvgIpc) is 1.61. The Morgan fingerprint density at radius 1 is 1.29 bits per heavy atom. The molecule has 0 atom stereocenters. The van der Waals surface area contributed by atoms with Crippen LogP contribution in [0.5, 0.6) is 0 Å². The maximum absolute atomic E-state index is 8.20. The first-order valence-corrected chi connectivity index (χ1v) is 2.52. The summed E-state index contributed by atoms with van der Waals surface area (Å²) in [5.41, 5.74) is 0. The molecule has 0 aromatic rings. The molecular weight excluding hydrogens is 255 g/mol. The second-order valence-electron chi connectivity index (χ2n) is 1.43. The molecule has 0 spiro atoms. The molecule has 0 aliphatic rings. The maximum Gasteiger partial charge on any atom is 0.0431 e. The van der Waals surface area contributed by atoms with Crippen LogP contribution in [0.25, 0.3) is 0 Å². The third-order valence-electron chi connectivity index (χ3n) is 0.762. The predicted octanol–water partition coefficient (Wildman–Crippen LogP) is 1.17. The van der Waals surface area contributed by atoms with Crippen molar-refractivity contribution in [3.05, 3.63) is 0 Å². The summed E-state index contributed by atoms with van der Waals surface area (Å²) in [6, 6.07) is 0. The molecule has 1 N–H and O–H groups in total. The van der Waals surface area contributed by atoms with Gasteiger partial charge in [-0.25, -0.2) is 0 Å². The van der Waals surface area contributed by atoms with Gasteiger partial charge in [0.15, 0.2) is 0 Å². The number of unbranched alkanes of at least 4 members (excludes halogenated alkanes) is 2. The van der Waals surface area contributed by atoms with Gasteiger partial charge in [-0.15, -0.1) is 0 Å². The van der Waals surface area contributed by atoms with Gasteiger partial charge >= 0.3 is 0 Å². The molecule has 42 valence electrons. The second-order valence-corrected chi connectivity index (χ2v) is 1.43. The van der Waals surface area contributed by atoms with Gasteiger partial charge in [-0.2, -0.15) is 0 Å². The Kier molecular flexibility index (Phi) is 15.3. The SMILES string of the molecule is CCCCCO.[Hf]. The van der Waals surface area contributed by atoms with Crippen molar-refractivity contribution in [3.63, 3.8) is 0 Å². The Labute approximate surface area is 63.9 Å². The smallest absolute Gasteiger partial charge is 0.0431 e. The fourth-order valence-electron chi connectivity index (χ4n) is 0.362. The van der Waals surface area contributed by atoms with E-state index in [2.05, 4.69) is 6.92 Å². The average molecular weight is 267 g/mol. The fourth-order valence-corrected chi connectivity index (χ4v) is 0.362. The number of hydrogen-bond acceptors (Lipinski definition) is 1. The molecule has 0 heterocycles. The van der Waals surface area contributed by atoms with E-state index in [1.165, 1.54) is 6.42 Å². The van der Waals surface area contributed by atoms with Gasteiger partial charge in [0.25, 0.3) is 0 Å². The standard InChI is InChI=1S/C5H12O.Hf/c1-2-3-4-5-6;/h6H,2-5H2,1H3;. The molecule has 0 aliphatic heterocycles. The van der Waals surface area contributed by atoms with Crippen LogP contribution >= 0.6 is 0 Å². The molecule has 7 heavy (non-hydrogen) atoms. The van der Waals surface area contributed by atoms with Crippen LogP contribution in [0, 0.1) is 0 Å². The molecule has 2 heteroatoms. The van der Waals surface area contributed by atoms with Crippen LogP contribution in [-0.2, 0) is 25.8 Å². The van der Waals surface area contributed by atoms with Crippen LogP contribution in [-0.4, -0.2) is 11.7 Å². The van der Waals surface area contributed by atoms with Crippen LogP contribution < -0.4 is 0 Å². The maximum atomic E-state index is 8.20. The van der Waals surface area contributed by atoms with Crippen molar-refractivity contribution in [3.8, 4) is 0 Å². The van der Waals surface area contributed by atoms with Crippen LogP contribution in [0.15, 0.2) is 0 Å². The van der Waals surface area contributed by atoms with Crippen molar-refractivity contribution < 1.29 is 30.9 Å². The molecule has 0 saturated heterocycles. The molecule has 0 amide bonds. The van der Waals surface area contributed by atoms with Gasteiger partial charge < -0.3 is 5.11 Å². The van der Waals surface area contributed by atoms with Crippen molar-refractivity contribution in [2.45, 2.75) is 26.2 Å². The first kappa shape index (κ1) is 10.7. The molecule has 0 aromatic heterocycles. The van der Waals surface area contributed by atoms with Gasteiger partial charge in [0, 0.05) is 32.5 Å². The van der Waals surface area contributed by atoms with Crippen molar-refractivity contribution >= 4 is 0 Å². The van der Waals surface area contributed by atoms with Gasteiger partial charge in [-0.05, 0) is 6.42 Å². The third-order valence-corrected chi connectivity index (χ3v) is 0.762. The number of aliphatic hydroxyl groups excluding tert-OH is 1. The minimum Gasteiger partial charge on any atom is -0.396 e. The quantitative estimate of drug-likeness (QED) is 0.601. The van der Waals surface area contributed by atoms with Gasteiger partial charge in [0.2, 0.25) is 0 Å². The molecular formula is C5H12HfO. The Hall–Kier alpha value is 0.830. The van der Waals surface area contributed by atoms with Crippen molar-refractivity contribution in [2.75, 3.05) is 6.61 Å². The van der Waals surface area contributed by atoms with Crippen molar-refractivity contribution in [1.82, 2.24) is 0 Å². The molecule has 0 bridgehead atoms. The van der Waals surface area contributed by atoms with E-state index in [1.54, 1.807) is 0 Å². The molecule has 0 rings (SSSR count). The van der Waals surface area contributed by atoms with Crippen LogP contribution in [0.1, 0.15) is 26.2 Å². The van der Waals surface area contributed by atoms with Crippen LogP contribution in [0.4, 0.5) is 0 Å². The minimum atomic E-state index is 0. The largest absolute Gasteiger partial charge is 0.396 e. The Bertz CT molecular complexity index is 20.0. The Morgan fingerprint density at radius 2 is 1.86 bits per heavy atom. The predicted molar refractivity (Wildman–Crippen MR) is 26.6 cm³/mol. The third kappa shape index (κ3) is 10.9. The first-order chi connectivity index (χ1) is 2.91. The molecule has 0 radical (unpaired) electrons. The van der Waals surface area contributed by atoms with E-state index in [-0.39, 0.29) is 25.8 Å². The van der Waals surface area contributed by atoms with E-state index in [9.17, 15) is 0 Å². The summed E-state index contributed by atoms with van der Waals surface area (Å²) in [7, 11) is 0. The summed E-state index contributed by atoms with van der Waals surface area (Å²) in [5, 5.41) is 8.20. The molecule has 0 aliphatic carbocycles. The van der Waals surface area contributed by atoms with E-state index >= 15 is 0 Å². The van der Waals surface area contributed by atoms with Crippen LogP contribution in [0.2, 0.25) is 0 Å². The topological polar surface area (TPSA) is 20.2 Å². The van der Waals surface area contributed by atoms with Gasteiger partial charge in [0.05, 0.1) is 0 Å². The van der Waals surface area contributed by atoms with E-state index < -0.39 is 0 Å². The number of hydrogen-bond donors (Lipinski definition) is 1.